The number of piperidine rings is 1. The Morgan fingerprint density at radius 2 is 1.70 bits per heavy atom. The molecule has 2 saturated heterocycles. The number of hydrogen-bond acceptors (Lipinski definition) is 4. The smallest absolute Gasteiger partial charge is 0.410 e. The van der Waals surface area contributed by atoms with Crippen molar-refractivity contribution in [3.05, 3.63) is 70.2 Å². The van der Waals surface area contributed by atoms with E-state index in [0.717, 1.165) is 56.9 Å². The average Bonchev–Trinajstić information content (AvgIpc) is 2.87. The van der Waals surface area contributed by atoms with Gasteiger partial charge in [0.15, 0.2) is 0 Å². The number of piperazine rings is 1. The van der Waals surface area contributed by atoms with Gasteiger partial charge < -0.3 is 14.5 Å². The maximum atomic E-state index is 13.9. The number of amides is 2. The van der Waals surface area contributed by atoms with Crippen molar-refractivity contribution in [2.75, 3.05) is 26.2 Å². The third-order valence-corrected chi connectivity index (χ3v) is 9.17. The van der Waals surface area contributed by atoms with Crippen LogP contribution in [0.5, 0.6) is 0 Å². The van der Waals surface area contributed by atoms with Gasteiger partial charge in [-0.1, -0.05) is 61.8 Å². The lowest BCUT2D eigenvalue weighted by Gasteiger charge is -2.58. The molecule has 0 aromatic heterocycles. The van der Waals surface area contributed by atoms with Gasteiger partial charge in [-0.25, -0.2) is 4.79 Å². The number of ether oxygens (including phenoxy) is 1. The molecule has 7 heteroatoms. The van der Waals surface area contributed by atoms with Crippen molar-refractivity contribution in [2.45, 2.75) is 90.4 Å². The van der Waals surface area contributed by atoms with Crippen molar-refractivity contribution in [3.63, 3.8) is 0 Å². The predicted molar refractivity (Wildman–Crippen MR) is 159 cm³/mol. The van der Waals surface area contributed by atoms with Crippen molar-refractivity contribution in [1.29, 1.82) is 0 Å². The largest absolute Gasteiger partial charge is 0.444 e. The summed E-state index contributed by atoms with van der Waals surface area (Å²) in [5, 5.41) is 0.726. The Morgan fingerprint density at radius 1 is 1.05 bits per heavy atom. The highest BCUT2D eigenvalue weighted by Crippen LogP contribution is 2.53. The Morgan fingerprint density at radius 3 is 2.33 bits per heavy atom. The monoisotopic (exact) mass is 565 g/mol. The van der Waals surface area contributed by atoms with Crippen molar-refractivity contribution in [3.8, 4) is 0 Å². The third-order valence-electron chi connectivity index (χ3n) is 8.92. The molecule has 3 fully saturated rings. The van der Waals surface area contributed by atoms with E-state index in [1.54, 1.807) is 0 Å². The lowest BCUT2D eigenvalue weighted by molar-refractivity contribution is -0.153. The van der Waals surface area contributed by atoms with Crippen molar-refractivity contribution in [2.24, 2.45) is 5.41 Å². The molecule has 1 spiro atoms. The molecule has 1 aliphatic carbocycles. The second-order valence-electron chi connectivity index (χ2n) is 13.4. The zero-order chi connectivity index (χ0) is 28.7. The second kappa shape index (κ2) is 11.4. The van der Waals surface area contributed by atoms with Crippen LogP contribution in [0.2, 0.25) is 5.02 Å². The Kier molecular flexibility index (Phi) is 8.22. The van der Waals surface area contributed by atoms with Gasteiger partial charge in [0.05, 0.1) is 12.6 Å². The third kappa shape index (κ3) is 6.33. The highest BCUT2D eigenvalue weighted by Gasteiger charge is 2.52. The highest BCUT2D eigenvalue weighted by atomic mass is 35.5. The van der Waals surface area contributed by atoms with Crippen LogP contribution in [-0.2, 0) is 16.1 Å². The van der Waals surface area contributed by atoms with Crippen LogP contribution in [0.25, 0.3) is 0 Å². The molecular formula is C33H44ClN3O3. The first-order valence-corrected chi connectivity index (χ1v) is 15.2. The van der Waals surface area contributed by atoms with E-state index in [-0.39, 0.29) is 29.5 Å². The van der Waals surface area contributed by atoms with Crippen molar-refractivity contribution >= 4 is 23.6 Å². The van der Waals surface area contributed by atoms with E-state index in [2.05, 4.69) is 60.0 Å². The highest BCUT2D eigenvalue weighted by molar-refractivity contribution is 6.30. The molecule has 1 atom stereocenters. The van der Waals surface area contributed by atoms with E-state index in [4.69, 9.17) is 16.3 Å². The molecule has 2 aromatic carbocycles. The van der Waals surface area contributed by atoms with E-state index < -0.39 is 5.60 Å². The molecule has 1 saturated carbocycles. The van der Waals surface area contributed by atoms with Crippen molar-refractivity contribution < 1.29 is 14.3 Å². The molecule has 40 heavy (non-hydrogen) atoms. The van der Waals surface area contributed by atoms with Gasteiger partial charge >= 0.3 is 6.09 Å². The van der Waals surface area contributed by atoms with E-state index in [1.807, 2.05) is 37.8 Å². The molecule has 3 aliphatic rings. The summed E-state index contributed by atoms with van der Waals surface area (Å²) in [6.45, 7) is 13.6. The Labute approximate surface area is 244 Å². The van der Waals surface area contributed by atoms with E-state index >= 15 is 0 Å². The number of likely N-dealkylation sites (tertiary alicyclic amines) is 1. The maximum Gasteiger partial charge on any atom is 0.410 e. The van der Waals surface area contributed by atoms with Gasteiger partial charge in [0.1, 0.15) is 5.60 Å². The topological polar surface area (TPSA) is 53.1 Å². The van der Waals surface area contributed by atoms with Crippen LogP contribution in [0.1, 0.15) is 89.0 Å². The normalized spacial score (nSPS) is 22.1. The fraction of sp³-hybridized carbons (Fsp3) is 0.576. The standard InChI is InChI=1S/C33H44ClN3O3/c1-23(2)27-8-6-7-9-28(27)29-21-35(20-24-10-12-25(34)13-11-24)22-30(38)37(29)26-18-33(19-26)14-16-36(17-15-33)31(39)40-32(3,4)5/h6-13,23,26,29H,14-22H2,1-5H3. The van der Waals surface area contributed by atoms with Crippen LogP contribution in [0.3, 0.4) is 0 Å². The predicted octanol–water partition coefficient (Wildman–Crippen LogP) is 7.03. The van der Waals surface area contributed by atoms with Crippen LogP contribution in [-0.4, -0.2) is 64.5 Å². The number of carbonyl (C=O) groups is 2. The summed E-state index contributed by atoms with van der Waals surface area (Å²) < 4.78 is 5.60. The van der Waals surface area contributed by atoms with Crippen LogP contribution < -0.4 is 0 Å². The molecule has 6 nitrogen and oxygen atoms in total. The minimum atomic E-state index is -0.481. The maximum absolute atomic E-state index is 13.9. The summed E-state index contributed by atoms with van der Waals surface area (Å²) in [5.41, 5.74) is 3.49. The second-order valence-corrected chi connectivity index (χ2v) is 13.9. The Hall–Kier alpha value is -2.57. The summed E-state index contributed by atoms with van der Waals surface area (Å²) in [4.78, 5) is 32.8. The van der Waals surface area contributed by atoms with Crippen LogP contribution >= 0.6 is 11.6 Å². The quantitative estimate of drug-likeness (QED) is 0.390. The zero-order valence-corrected chi connectivity index (χ0v) is 25.4. The van der Waals surface area contributed by atoms with Gasteiger partial charge in [0, 0.05) is 37.2 Å². The summed E-state index contributed by atoms with van der Waals surface area (Å²) >= 11 is 6.11. The number of carbonyl (C=O) groups excluding carboxylic acids is 2. The van der Waals surface area contributed by atoms with E-state index in [1.165, 1.54) is 16.7 Å². The first-order chi connectivity index (χ1) is 18.9. The SMILES string of the molecule is CC(C)c1ccccc1C1CN(Cc2ccc(Cl)cc2)CC(=O)N1C1CC2(CCN(C(=O)OC(C)(C)C)CC2)C1. The van der Waals surface area contributed by atoms with Crippen LogP contribution in [0.15, 0.2) is 48.5 Å². The Bertz CT molecular complexity index is 1210. The molecule has 0 N–H and O–H groups in total. The first kappa shape index (κ1) is 28.9. The molecule has 2 aromatic rings. The molecule has 0 radical (unpaired) electrons. The number of rotatable bonds is 5. The first-order valence-electron chi connectivity index (χ1n) is 14.8. The molecule has 0 bridgehead atoms. The average molecular weight is 566 g/mol. The van der Waals surface area contributed by atoms with Crippen molar-refractivity contribution in [1.82, 2.24) is 14.7 Å². The summed E-state index contributed by atoms with van der Waals surface area (Å²) in [5.74, 6) is 0.597. The van der Waals surface area contributed by atoms with Crippen LogP contribution in [0.4, 0.5) is 4.79 Å². The van der Waals surface area contributed by atoms with E-state index in [9.17, 15) is 9.59 Å². The molecule has 2 heterocycles. The lowest BCUT2D eigenvalue weighted by atomic mass is 9.59. The van der Waals surface area contributed by atoms with Crippen LogP contribution in [0, 0.1) is 5.41 Å². The molecule has 2 aliphatic heterocycles. The van der Waals surface area contributed by atoms with Gasteiger partial charge in [0.2, 0.25) is 5.91 Å². The molecule has 216 valence electrons. The number of halogens is 1. The number of benzene rings is 2. The van der Waals surface area contributed by atoms with Gasteiger partial charge in [0.25, 0.3) is 0 Å². The van der Waals surface area contributed by atoms with Gasteiger partial charge in [-0.15, -0.1) is 0 Å². The number of nitrogens with zero attached hydrogens (tertiary/aromatic N) is 3. The fourth-order valence-electron chi connectivity index (χ4n) is 6.89. The molecule has 2 amide bonds. The minimum absolute atomic E-state index is 0.0244. The Balaban J connectivity index is 1.31. The molecular weight excluding hydrogens is 522 g/mol. The zero-order valence-electron chi connectivity index (χ0n) is 24.7. The number of hydrogen-bond donors (Lipinski definition) is 0. The summed E-state index contributed by atoms with van der Waals surface area (Å²) in [7, 11) is 0. The molecule has 5 rings (SSSR count). The fourth-order valence-corrected chi connectivity index (χ4v) is 7.02. The minimum Gasteiger partial charge on any atom is -0.444 e. The van der Waals surface area contributed by atoms with E-state index in [0.29, 0.717) is 12.5 Å². The van der Waals surface area contributed by atoms with Gasteiger partial charge in [-0.3, -0.25) is 9.69 Å². The van der Waals surface area contributed by atoms with Gasteiger partial charge in [-0.05, 0) is 86.6 Å². The summed E-state index contributed by atoms with van der Waals surface area (Å²) in [6.07, 6.45) is 3.76. The molecule has 1 unspecified atom stereocenters. The van der Waals surface area contributed by atoms with Gasteiger partial charge in [-0.2, -0.15) is 0 Å². The summed E-state index contributed by atoms with van der Waals surface area (Å²) in [6, 6.07) is 16.9. The lowest BCUT2D eigenvalue weighted by Crippen LogP contribution is -2.62.